The van der Waals surface area contributed by atoms with Gasteiger partial charge in [-0.15, -0.1) is 0 Å². The van der Waals surface area contributed by atoms with Crippen molar-refractivity contribution in [2.24, 2.45) is 0 Å². The van der Waals surface area contributed by atoms with E-state index in [-0.39, 0.29) is 6.23 Å². The minimum Gasteiger partial charge on any atom is -0.382 e. The second kappa shape index (κ2) is 5.28. The fourth-order valence-electron chi connectivity index (χ4n) is 1.75. The molecule has 1 atom stereocenters. The van der Waals surface area contributed by atoms with Crippen molar-refractivity contribution in [2.45, 2.75) is 13.2 Å². The van der Waals surface area contributed by atoms with Crippen LogP contribution in [-0.2, 0) is 4.74 Å². The van der Waals surface area contributed by atoms with Crippen LogP contribution in [-0.4, -0.2) is 51.7 Å². The van der Waals surface area contributed by atoms with Crippen LogP contribution in [0.25, 0.3) is 11.2 Å². The molecule has 0 bridgehead atoms. The van der Waals surface area contributed by atoms with Crippen molar-refractivity contribution in [3.8, 4) is 0 Å². The van der Waals surface area contributed by atoms with Crippen molar-refractivity contribution in [3.63, 3.8) is 0 Å². The lowest BCUT2D eigenvalue weighted by Crippen LogP contribution is -2.28. The highest BCUT2D eigenvalue weighted by Crippen LogP contribution is 2.19. The second-order valence-corrected chi connectivity index (χ2v) is 4.13. The molecule has 0 aliphatic carbocycles. The zero-order valence-corrected chi connectivity index (χ0v) is 10.9. The van der Waals surface area contributed by atoms with Gasteiger partial charge in [0.25, 0.3) is 0 Å². The first-order valence-electron chi connectivity index (χ1n) is 5.81. The summed E-state index contributed by atoms with van der Waals surface area (Å²) in [5.41, 5.74) is 7.06. The van der Waals surface area contributed by atoms with Gasteiger partial charge in [-0.05, 0) is 13.6 Å². The van der Waals surface area contributed by atoms with Crippen LogP contribution in [0.3, 0.4) is 0 Å². The average molecular weight is 250 g/mol. The number of fused-ring (bicyclic) bond motifs is 1. The highest BCUT2D eigenvalue weighted by Gasteiger charge is 2.17. The Bertz CT molecular complexity index is 525. The van der Waals surface area contributed by atoms with Crippen molar-refractivity contribution in [2.75, 3.05) is 33.0 Å². The smallest absolute Gasteiger partial charge is 0.167 e. The number of likely N-dealkylation sites (N-methyl/N-ethyl adjacent to an activating group) is 1. The molecule has 0 radical (unpaired) electrons. The molecular weight excluding hydrogens is 232 g/mol. The third kappa shape index (κ3) is 2.27. The van der Waals surface area contributed by atoms with Gasteiger partial charge in [0.05, 0.1) is 6.33 Å². The van der Waals surface area contributed by atoms with E-state index in [1.807, 2.05) is 11.6 Å². The summed E-state index contributed by atoms with van der Waals surface area (Å²) in [7, 11) is 3.71. The Kier molecular flexibility index (Phi) is 3.73. The predicted octanol–water partition coefficient (Wildman–Crippen LogP) is 0.505. The lowest BCUT2D eigenvalue weighted by Gasteiger charge is -2.22. The first kappa shape index (κ1) is 12.7. The number of imidazole rings is 1. The van der Waals surface area contributed by atoms with Crippen LogP contribution in [0.15, 0.2) is 12.7 Å². The molecule has 7 nitrogen and oxygen atoms in total. The number of aromatic nitrogens is 4. The molecule has 0 fully saturated rings. The molecule has 2 aromatic rings. The molecule has 0 spiro atoms. The van der Waals surface area contributed by atoms with E-state index in [1.54, 1.807) is 13.4 Å². The normalized spacial score (nSPS) is 13.3. The van der Waals surface area contributed by atoms with E-state index in [9.17, 15) is 0 Å². The summed E-state index contributed by atoms with van der Waals surface area (Å²) in [4.78, 5) is 14.5. The number of anilines is 1. The number of nitrogens with zero attached hydrogens (tertiary/aromatic N) is 5. The minimum absolute atomic E-state index is 0.144. The quantitative estimate of drug-likeness (QED) is 0.832. The van der Waals surface area contributed by atoms with Crippen molar-refractivity contribution < 1.29 is 4.74 Å². The maximum absolute atomic E-state index is 5.76. The van der Waals surface area contributed by atoms with Crippen LogP contribution in [0.4, 0.5) is 5.82 Å². The molecule has 0 aliphatic rings. The Morgan fingerprint density at radius 2 is 2.22 bits per heavy atom. The molecule has 2 aromatic heterocycles. The second-order valence-electron chi connectivity index (χ2n) is 4.13. The fourth-order valence-corrected chi connectivity index (χ4v) is 1.75. The number of nitrogen functional groups attached to an aromatic ring is 1. The van der Waals surface area contributed by atoms with Crippen molar-refractivity contribution in [3.05, 3.63) is 12.7 Å². The third-order valence-corrected chi connectivity index (χ3v) is 2.98. The molecule has 2 rings (SSSR count). The molecule has 0 amide bonds. The Labute approximate surface area is 106 Å². The van der Waals surface area contributed by atoms with Gasteiger partial charge in [-0.2, -0.15) is 0 Å². The maximum atomic E-state index is 5.76. The van der Waals surface area contributed by atoms with E-state index < -0.39 is 0 Å². The summed E-state index contributed by atoms with van der Waals surface area (Å²) < 4.78 is 7.37. The Morgan fingerprint density at radius 1 is 1.44 bits per heavy atom. The van der Waals surface area contributed by atoms with Gasteiger partial charge in [-0.3, -0.25) is 4.57 Å². The van der Waals surface area contributed by atoms with Crippen LogP contribution < -0.4 is 5.73 Å². The third-order valence-electron chi connectivity index (χ3n) is 2.98. The SMILES string of the molecule is CCN(C)CC(OC)n1cnc2c(N)ncnc21. The molecule has 0 aliphatic heterocycles. The molecule has 7 heteroatoms. The van der Waals surface area contributed by atoms with Crippen molar-refractivity contribution in [1.82, 2.24) is 24.4 Å². The predicted molar refractivity (Wildman–Crippen MR) is 69.0 cm³/mol. The lowest BCUT2D eigenvalue weighted by molar-refractivity contribution is 0.0219. The van der Waals surface area contributed by atoms with Gasteiger partial charge >= 0.3 is 0 Å². The summed E-state index contributed by atoms with van der Waals surface area (Å²) in [6.45, 7) is 3.80. The van der Waals surface area contributed by atoms with Crippen LogP contribution in [0.5, 0.6) is 0 Å². The number of nitrogens with two attached hydrogens (primary N) is 1. The average Bonchev–Trinajstić information content (AvgIpc) is 2.81. The van der Waals surface area contributed by atoms with E-state index in [4.69, 9.17) is 10.5 Å². The van der Waals surface area contributed by atoms with E-state index in [0.29, 0.717) is 17.0 Å². The van der Waals surface area contributed by atoms with Gasteiger partial charge in [0.15, 0.2) is 11.5 Å². The van der Waals surface area contributed by atoms with Gasteiger partial charge in [-0.1, -0.05) is 6.92 Å². The van der Waals surface area contributed by atoms with Crippen LogP contribution in [0.2, 0.25) is 0 Å². The van der Waals surface area contributed by atoms with Gasteiger partial charge < -0.3 is 15.4 Å². The molecule has 0 saturated carbocycles. The standard InChI is InChI=1S/C11H18N6O/c1-4-16(2)5-8(18-3)17-7-15-9-10(12)13-6-14-11(9)17/h6-8H,4-5H2,1-3H3,(H2,12,13,14). The number of hydrogen-bond acceptors (Lipinski definition) is 6. The fraction of sp³-hybridized carbons (Fsp3) is 0.545. The van der Waals surface area contributed by atoms with Crippen LogP contribution in [0.1, 0.15) is 13.2 Å². The first-order chi connectivity index (χ1) is 8.67. The molecule has 0 saturated heterocycles. The molecular formula is C11H18N6O. The molecule has 0 aromatic carbocycles. The summed E-state index contributed by atoms with van der Waals surface area (Å²) in [6.07, 6.45) is 2.98. The van der Waals surface area contributed by atoms with Crippen LogP contribution in [0, 0.1) is 0 Å². The first-order valence-corrected chi connectivity index (χ1v) is 5.81. The summed E-state index contributed by atoms with van der Waals surface area (Å²) >= 11 is 0. The molecule has 98 valence electrons. The Balaban J connectivity index is 2.37. The maximum Gasteiger partial charge on any atom is 0.167 e. The largest absolute Gasteiger partial charge is 0.382 e. The zero-order chi connectivity index (χ0) is 13.1. The summed E-state index contributed by atoms with van der Waals surface area (Å²) in [5, 5.41) is 0. The van der Waals surface area contributed by atoms with Gasteiger partial charge in [0.2, 0.25) is 0 Å². The summed E-state index contributed by atoms with van der Waals surface area (Å²) in [6, 6.07) is 0. The Hall–Kier alpha value is -1.73. The number of rotatable bonds is 5. The highest BCUT2D eigenvalue weighted by atomic mass is 16.5. The number of methoxy groups -OCH3 is 1. The molecule has 1 unspecified atom stereocenters. The molecule has 18 heavy (non-hydrogen) atoms. The minimum atomic E-state index is -0.144. The molecule has 2 N–H and O–H groups in total. The topological polar surface area (TPSA) is 82.1 Å². The van der Waals surface area contributed by atoms with E-state index in [2.05, 4.69) is 26.8 Å². The number of ether oxygens (including phenoxy) is 1. The lowest BCUT2D eigenvalue weighted by atomic mass is 10.4. The van der Waals surface area contributed by atoms with E-state index >= 15 is 0 Å². The summed E-state index contributed by atoms with van der Waals surface area (Å²) in [5.74, 6) is 0.387. The van der Waals surface area contributed by atoms with E-state index in [1.165, 1.54) is 6.33 Å². The zero-order valence-electron chi connectivity index (χ0n) is 10.9. The molecule has 2 heterocycles. The van der Waals surface area contributed by atoms with Gasteiger partial charge in [0.1, 0.15) is 18.1 Å². The van der Waals surface area contributed by atoms with Crippen molar-refractivity contribution in [1.29, 1.82) is 0 Å². The van der Waals surface area contributed by atoms with Crippen LogP contribution >= 0.6 is 0 Å². The Morgan fingerprint density at radius 3 is 2.89 bits per heavy atom. The van der Waals surface area contributed by atoms with Gasteiger partial charge in [-0.25, -0.2) is 15.0 Å². The van der Waals surface area contributed by atoms with E-state index in [0.717, 1.165) is 13.1 Å². The van der Waals surface area contributed by atoms with Gasteiger partial charge in [0, 0.05) is 13.7 Å². The monoisotopic (exact) mass is 250 g/mol. The number of hydrogen-bond donors (Lipinski definition) is 1. The van der Waals surface area contributed by atoms with Crippen molar-refractivity contribution >= 4 is 17.0 Å². The highest BCUT2D eigenvalue weighted by molar-refractivity contribution is 5.81.